The minimum absolute atomic E-state index is 0.159. The number of rotatable bonds is 6. The van der Waals surface area contributed by atoms with E-state index in [0.717, 1.165) is 23.3 Å². The molecule has 0 amide bonds. The fourth-order valence-electron chi connectivity index (χ4n) is 1.74. The number of esters is 1. The third-order valence-corrected chi connectivity index (χ3v) is 2.56. The summed E-state index contributed by atoms with van der Waals surface area (Å²) in [5, 5.41) is 0. The van der Waals surface area contributed by atoms with Crippen molar-refractivity contribution < 1.29 is 14.3 Å². The number of carbonyl (C=O) groups is 1. The first-order valence-electron chi connectivity index (χ1n) is 6.71. The molecule has 0 saturated carbocycles. The molecule has 0 atom stereocenters. The molecule has 0 radical (unpaired) electrons. The summed E-state index contributed by atoms with van der Waals surface area (Å²) in [6.07, 6.45) is 2.50. The summed E-state index contributed by atoms with van der Waals surface area (Å²) in [5.74, 6) is 0.548. The molecule has 0 aromatic heterocycles. The number of hydrogen-bond acceptors (Lipinski definition) is 3. The van der Waals surface area contributed by atoms with Crippen LogP contribution in [0.4, 0.5) is 0 Å². The van der Waals surface area contributed by atoms with Gasteiger partial charge in [-0.3, -0.25) is 0 Å². The predicted octanol–water partition coefficient (Wildman–Crippen LogP) is 3.83. The van der Waals surface area contributed by atoms with Gasteiger partial charge in [0.2, 0.25) is 0 Å². The molecule has 3 nitrogen and oxygen atoms in total. The van der Waals surface area contributed by atoms with E-state index in [0.29, 0.717) is 6.61 Å². The first kappa shape index (κ1) is 15.3. The maximum absolute atomic E-state index is 11.5. The molecular weight excluding hydrogens is 240 g/mol. The van der Waals surface area contributed by atoms with Gasteiger partial charge in [0.1, 0.15) is 5.75 Å². The Morgan fingerprint density at radius 3 is 2.32 bits per heavy atom. The summed E-state index contributed by atoms with van der Waals surface area (Å²) in [6, 6.07) is 7.77. The van der Waals surface area contributed by atoms with Crippen molar-refractivity contribution in [3.8, 4) is 5.75 Å². The minimum atomic E-state index is -0.290. The maximum atomic E-state index is 11.5. The van der Waals surface area contributed by atoms with Crippen LogP contribution in [0.3, 0.4) is 0 Å². The van der Waals surface area contributed by atoms with E-state index in [-0.39, 0.29) is 12.1 Å². The van der Waals surface area contributed by atoms with Crippen LogP contribution in [0.25, 0.3) is 5.57 Å². The van der Waals surface area contributed by atoms with Gasteiger partial charge in [-0.05, 0) is 50.5 Å². The highest BCUT2D eigenvalue weighted by Crippen LogP contribution is 2.22. The molecule has 0 aliphatic rings. The van der Waals surface area contributed by atoms with Gasteiger partial charge in [-0.2, -0.15) is 0 Å². The molecule has 0 aliphatic heterocycles. The highest BCUT2D eigenvalue weighted by Gasteiger charge is 2.05. The lowest BCUT2D eigenvalue weighted by molar-refractivity contribution is -0.137. The third kappa shape index (κ3) is 5.16. The molecular formula is C16H22O3. The van der Waals surface area contributed by atoms with E-state index in [1.165, 1.54) is 0 Å². The lowest BCUT2D eigenvalue weighted by Gasteiger charge is -2.11. The normalized spacial score (nSPS) is 11.5. The number of allylic oxidation sites excluding steroid dienone is 1. The van der Waals surface area contributed by atoms with Gasteiger partial charge in [0.25, 0.3) is 0 Å². The summed E-state index contributed by atoms with van der Waals surface area (Å²) < 4.78 is 10.5. The van der Waals surface area contributed by atoms with Crippen LogP contribution in [-0.2, 0) is 9.53 Å². The molecule has 1 aromatic carbocycles. The van der Waals surface area contributed by atoms with Crippen molar-refractivity contribution in [2.45, 2.75) is 40.2 Å². The first-order chi connectivity index (χ1) is 9.06. The van der Waals surface area contributed by atoms with E-state index in [1.807, 2.05) is 45.0 Å². The Hall–Kier alpha value is -1.77. The summed E-state index contributed by atoms with van der Waals surface area (Å²) in [4.78, 5) is 11.5. The maximum Gasteiger partial charge on any atom is 0.331 e. The van der Waals surface area contributed by atoms with Gasteiger partial charge in [0.05, 0.1) is 12.7 Å². The smallest absolute Gasteiger partial charge is 0.331 e. The summed E-state index contributed by atoms with van der Waals surface area (Å²) in [7, 11) is 0. The Labute approximate surface area is 115 Å². The summed E-state index contributed by atoms with van der Waals surface area (Å²) >= 11 is 0. The van der Waals surface area contributed by atoms with E-state index in [1.54, 1.807) is 13.0 Å². The van der Waals surface area contributed by atoms with Gasteiger partial charge < -0.3 is 9.47 Å². The highest BCUT2D eigenvalue weighted by molar-refractivity contribution is 5.91. The largest absolute Gasteiger partial charge is 0.491 e. The van der Waals surface area contributed by atoms with E-state index in [9.17, 15) is 4.79 Å². The SMILES string of the molecule is CCOC(=O)C=C(CC)c1ccc(OC(C)C)cc1. The molecule has 0 N–H and O–H groups in total. The zero-order valence-electron chi connectivity index (χ0n) is 12.1. The van der Waals surface area contributed by atoms with Gasteiger partial charge in [-0.25, -0.2) is 4.79 Å². The Morgan fingerprint density at radius 2 is 1.84 bits per heavy atom. The average Bonchev–Trinajstić information content (AvgIpc) is 2.37. The van der Waals surface area contributed by atoms with E-state index in [4.69, 9.17) is 9.47 Å². The third-order valence-electron chi connectivity index (χ3n) is 2.56. The molecule has 0 saturated heterocycles. The second-order valence-corrected chi connectivity index (χ2v) is 4.47. The van der Waals surface area contributed by atoms with E-state index >= 15 is 0 Å². The van der Waals surface area contributed by atoms with Crippen LogP contribution in [0.15, 0.2) is 30.3 Å². The zero-order valence-corrected chi connectivity index (χ0v) is 12.1. The van der Waals surface area contributed by atoms with Gasteiger partial charge in [0, 0.05) is 6.08 Å². The van der Waals surface area contributed by atoms with Gasteiger partial charge in [0.15, 0.2) is 0 Å². The van der Waals surface area contributed by atoms with Crippen LogP contribution in [0.1, 0.15) is 39.7 Å². The fourth-order valence-corrected chi connectivity index (χ4v) is 1.74. The standard InChI is InChI=1S/C16H22O3/c1-5-13(11-16(17)18-6-2)14-7-9-15(10-8-14)19-12(3)4/h7-12H,5-6H2,1-4H3. The van der Waals surface area contributed by atoms with Crippen molar-refractivity contribution in [2.24, 2.45) is 0 Å². The van der Waals surface area contributed by atoms with E-state index in [2.05, 4.69) is 0 Å². The van der Waals surface area contributed by atoms with Crippen molar-refractivity contribution in [2.75, 3.05) is 6.61 Å². The fraction of sp³-hybridized carbons (Fsp3) is 0.438. The predicted molar refractivity (Wildman–Crippen MR) is 77.1 cm³/mol. The van der Waals surface area contributed by atoms with Gasteiger partial charge >= 0.3 is 5.97 Å². The second kappa shape index (κ2) is 7.62. The number of hydrogen-bond donors (Lipinski definition) is 0. The molecule has 1 rings (SSSR count). The number of carbonyl (C=O) groups excluding carboxylic acids is 1. The lowest BCUT2D eigenvalue weighted by Crippen LogP contribution is -2.05. The van der Waals surface area contributed by atoms with Crippen molar-refractivity contribution in [1.82, 2.24) is 0 Å². The molecule has 0 unspecified atom stereocenters. The summed E-state index contributed by atoms with van der Waals surface area (Å²) in [6.45, 7) is 8.20. The van der Waals surface area contributed by atoms with E-state index < -0.39 is 0 Å². The monoisotopic (exact) mass is 262 g/mol. The average molecular weight is 262 g/mol. The van der Waals surface area contributed by atoms with Crippen molar-refractivity contribution in [3.05, 3.63) is 35.9 Å². The zero-order chi connectivity index (χ0) is 14.3. The van der Waals surface area contributed by atoms with Crippen LogP contribution >= 0.6 is 0 Å². The van der Waals surface area contributed by atoms with Crippen molar-refractivity contribution in [1.29, 1.82) is 0 Å². The molecule has 0 heterocycles. The number of ether oxygens (including phenoxy) is 2. The number of benzene rings is 1. The van der Waals surface area contributed by atoms with Crippen LogP contribution in [0.5, 0.6) is 5.75 Å². The highest BCUT2D eigenvalue weighted by atomic mass is 16.5. The molecule has 19 heavy (non-hydrogen) atoms. The second-order valence-electron chi connectivity index (χ2n) is 4.47. The molecule has 0 fully saturated rings. The Balaban J connectivity index is 2.85. The minimum Gasteiger partial charge on any atom is -0.491 e. The first-order valence-corrected chi connectivity index (χ1v) is 6.71. The molecule has 0 spiro atoms. The van der Waals surface area contributed by atoms with Crippen LogP contribution < -0.4 is 4.74 Å². The van der Waals surface area contributed by atoms with Crippen molar-refractivity contribution in [3.63, 3.8) is 0 Å². The van der Waals surface area contributed by atoms with Crippen LogP contribution in [0.2, 0.25) is 0 Å². The van der Waals surface area contributed by atoms with Crippen LogP contribution in [-0.4, -0.2) is 18.7 Å². The molecule has 1 aromatic rings. The molecule has 104 valence electrons. The van der Waals surface area contributed by atoms with Crippen LogP contribution in [0, 0.1) is 0 Å². The molecule has 3 heteroatoms. The Morgan fingerprint density at radius 1 is 1.21 bits per heavy atom. The van der Waals surface area contributed by atoms with Gasteiger partial charge in [-0.1, -0.05) is 19.1 Å². The Kier molecular flexibility index (Phi) is 6.13. The quantitative estimate of drug-likeness (QED) is 0.577. The topological polar surface area (TPSA) is 35.5 Å². The Bertz CT molecular complexity index is 430. The molecule has 0 bridgehead atoms. The summed E-state index contributed by atoms with van der Waals surface area (Å²) in [5.41, 5.74) is 1.99. The lowest BCUT2D eigenvalue weighted by atomic mass is 10.0. The molecule has 0 aliphatic carbocycles. The van der Waals surface area contributed by atoms with Gasteiger partial charge in [-0.15, -0.1) is 0 Å². The van der Waals surface area contributed by atoms with Crippen molar-refractivity contribution >= 4 is 11.5 Å².